The Hall–Kier alpha value is -5.80. The van der Waals surface area contributed by atoms with Crippen LogP contribution in [0.15, 0.2) is 146 Å². The van der Waals surface area contributed by atoms with Crippen LogP contribution in [0.2, 0.25) is 0 Å². The van der Waals surface area contributed by atoms with Gasteiger partial charge in [-0.05, 0) is 151 Å². The molecule has 0 saturated heterocycles. The number of aryl methyl sites for hydroxylation is 1. The monoisotopic (exact) mass is 851 g/mol. The molecule has 0 unspecified atom stereocenters. The molecule has 0 radical (unpaired) electrons. The van der Waals surface area contributed by atoms with Gasteiger partial charge in [-0.2, -0.15) is 0 Å². The summed E-state index contributed by atoms with van der Waals surface area (Å²) in [4.78, 5) is 5.29. The molecule has 2 heterocycles. The normalized spacial score (nSPS) is 16.1. The molecule has 0 aromatic heterocycles. The number of nitrogens with zero attached hydrogens (tertiary/aromatic N) is 2. The van der Waals surface area contributed by atoms with Crippen molar-refractivity contribution in [2.75, 3.05) is 9.80 Å². The number of fused-ring (bicyclic) bond motifs is 5. The molecule has 0 atom stereocenters. The molecule has 2 aliphatic heterocycles. The van der Waals surface area contributed by atoms with E-state index in [-0.39, 0.29) is 33.8 Å². The summed E-state index contributed by atoms with van der Waals surface area (Å²) in [5.74, 6) is 0. The Bertz CT molecular complexity index is 2990. The highest BCUT2D eigenvalue weighted by Gasteiger charge is 2.47. The van der Waals surface area contributed by atoms with Crippen LogP contribution in [-0.4, -0.2) is 6.71 Å². The van der Waals surface area contributed by atoms with Gasteiger partial charge in [0.2, 0.25) is 0 Å². The molecule has 7 aromatic rings. The van der Waals surface area contributed by atoms with E-state index in [2.05, 4.69) is 245 Å². The third kappa shape index (κ3) is 7.08. The minimum Gasteiger partial charge on any atom is -0.311 e. The smallest absolute Gasteiger partial charge is 0.252 e. The van der Waals surface area contributed by atoms with E-state index in [1.807, 2.05) is 0 Å². The molecule has 0 bridgehead atoms. The summed E-state index contributed by atoms with van der Waals surface area (Å²) in [6.07, 6.45) is 2.33. The van der Waals surface area contributed by atoms with Crippen LogP contribution in [0.25, 0.3) is 11.1 Å². The molecule has 10 rings (SSSR count). The van der Waals surface area contributed by atoms with Crippen molar-refractivity contribution in [3.05, 3.63) is 185 Å². The molecule has 0 fully saturated rings. The van der Waals surface area contributed by atoms with Gasteiger partial charge in [-0.1, -0.05) is 180 Å². The van der Waals surface area contributed by atoms with E-state index in [1.54, 1.807) is 0 Å². The van der Waals surface area contributed by atoms with Gasteiger partial charge in [0.15, 0.2) is 0 Å². The highest BCUT2D eigenvalue weighted by Crippen LogP contribution is 2.52. The molecular formula is C62H67BN2. The lowest BCUT2D eigenvalue weighted by molar-refractivity contribution is 0.332. The minimum absolute atomic E-state index is 0.0100. The van der Waals surface area contributed by atoms with Gasteiger partial charge in [-0.3, -0.25) is 0 Å². The summed E-state index contributed by atoms with van der Waals surface area (Å²) in [5.41, 5.74) is 23.5. The van der Waals surface area contributed by atoms with Gasteiger partial charge < -0.3 is 9.80 Å². The van der Waals surface area contributed by atoms with E-state index in [1.165, 1.54) is 107 Å². The molecule has 0 saturated carbocycles. The molecule has 1 aliphatic carbocycles. The van der Waals surface area contributed by atoms with Crippen molar-refractivity contribution >= 4 is 57.2 Å². The Labute approximate surface area is 390 Å². The maximum absolute atomic E-state index is 2.67. The largest absolute Gasteiger partial charge is 0.311 e. The summed E-state index contributed by atoms with van der Waals surface area (Å²) >= 11 is 0. The first-order chi connectivity index (χ1) is 30.6. The average Bonchev–Trinajstić information content (AvgIpc) is 3.27. The third-order valence-corrected chi connectivity index (χ3v) is 15.6. The molecule has 7 aromatic carbocycles. The zero-order valence-electron chi connectivity index (χ0n) is 41.2. The summed E-state index contributed by atoms with van der Waals surface area (Å²) < 4.78 is 0. The highest BCUT2D eigenvalue weighted by molar-refractivity contribution is 7.00. The second kappa shape index (κ2) is 14.9. The maximum Gasteiger partial charge on any atom is 0.252 e. The van der Waals surface area contributed by atoms with Crippen molar-refractivity contribution in [2.45, 2.75) is 130 Å². The Morgan fingerprint density at radius 1 is 0.446 bits per heavy atom. The van der Waals surface area contributed by atoms with E-state index < -0.39 is 0 Å². The van der Waals surface area contributed by atoms with E-state index in [4.69, 9.17) is 0 Å². The Morgan fingerprint density at radius 3 is 1.65 bits per heavy atom. The van der Waals surface area contributed by atoms with E-state index in [0.717, 1.165) is 6.42 Å². The minimum atomic E-state index is -0.212. The van der Waals surface area contributed by atoms with Gasteiger partial charge in [0.25, 0.3) is 6.71 Å². The second-order valence-electron chi connectivity index (χ2n) is 23.5. The fourth-order valence-electron chi connectivity index (χ4n) is 11.3. The maximum atomic E-state index is 2.67. The van der Waals surface area contributed by atoms with Crippen LogP contribution in [-0.2, 0) is 27.1 Å². The molecule has 0 spiro atoms. The van der Waals surface area contributed by atoms with Crippen LogP contribution in [0.5, 0.6) is 0 Å². The van der Waals surface area contributed by atoms with Crippen LogP contribution in [0.4, 0.5) is 34.1 Å². The van der Waals surface area contributed by atoms with Crippen LogP contribution >= 0.6 is 0 Å². The van der Waals surface area contributed by atoms with E-state index in [0.29, 0.717) is 0 Å². The van der Waals surface area contributed by atoms with Gasteiger partial charge in [0.05, 0.1) is 5.69 Å². The first-order valence-electron chi connectivity index (χ1n) is 24.1. The standard InChI is InChI=1S/C62H67BN2/c1-40-33-55-57-56(34-40)65(52-30-28-44(59(5,6)7)36-47(52)41-21-16-14-17-22-41)54-39-49-48(60(8,9)31-32-61(49,10)11)38-51(54)63(57)50-29-27-45(62(12,13)42-23-18-15-19-24-42)37-53(50)64(55)46-26-20-25-43(35-46)58(2,3)4/h14-30,33-39H,31-32H2,1-13H3. The number of anilines is 6. The molecular weight excluding hydrogens is 784 g/mol. The zero-order valence-corrected chi connectivity index (χ0v) is 41.2. The average molecular weight is 851 g/mol. The van der Waals surface area contributed by atoms with Crippen LogP contribution in [0.1, 0.15) is 135 Å². The lowest BCUT2D eigenvalue weighted by atomic mass is 9.33. The Kier molecular flexibility index (Phi) is 9.86. The van der Waals surface area contributed by atoms with Crippen molar-refractivity contribution in [2.24, 2.45) is 0 Å². The molecule has 65 heavy (non-hydrogen) atoms. The Morgan fingerprint density at radius 2 is 1.00 bits per heavy atom. The summed E-state index contributed by atoms with van der Waals surface area (Å²) in [6, 6.07) is 56.5. The quantitative estimate of drug-likeness (QED) is 0.159. The number of benzene rings is 7. The fourth-order valence-corrected chi connectivity index (χ4v) is 11.3. The van der Waals surface area contributed by atoms with Crippen molar-refractivity contribution in [3.8, 4) is 11.1 Å². The first kappa shape index (κ1) is 43.1. The predicted molar refractivity (Wildman–Crippen MR) is 282 cm³/mol. The topological polar surface area (TPSA) is 6.48 Å². The number of rotatable bonds is 5. The van der Waals surface area contributed by atoms with Gasteiger partial charge in [0.1, 0.15) is 0 Å². The highest BCUT2D eigenvalue weighted by atomic mass is 15.2. The predicted octanol–water partition coefficient (Wildman–Crippen LogP) is 15.0. The van der Waals surface area contributed by atoms with Gasteiger partial charge >= 0.3 is 0 Å². The lowest BCUT2D eigenvalue weighted by Gasteiger charge is -2.48. The lowest BCUT2D eigenvalue weighted by Crippen LogP contribution is -2.62. The van der Waals surface area contributed by atoms with Crippen LogP contribution < -0.4 is 26.2 Å². The molecule has 3 aliphatic rings. The molecule has 0 amide bonds. The van der Waals surface area contributed by atoms with Gasteiger partial charge in [-0.15, -0.1) is 0 Å². The molecule has 3 heteroatoms. The second-order valence-corrected chi connectivity index (χ2v) is 23.5. The van der Waals surface area contributed by atoms with Crippen molar-refractivity contribution < 1.29 is 0 Å². The number of hydrogen-bond acceptors (Lipinski definition) is 2. The molecule has 328 valence electrons. The van der Waals surface area contributed by atoms with Crippen molar-refractivity contribution in [1.82, 2.24) is 0 Å². The van der Waals surface area contributed by atoms with Crippen LogP contribution in [0, 0.1) is 6.92 Å². The Balaban J connectivity index is 1.33. The van der Waals surface area contributed by atoms with Crippen molar-refractivity contribution in [1.29, 1.82) is 0 Å². The van der Waals surface area contributed by atoms with Crippen molar-refractivity contribution in [3.63, 3.8) is 0 Å². The third-order valence-electron chi connectivity index (χ3n) is 15.6. The SMILES string of the molecule is Cc1cc2c3c(c1)N(c1ccc(C(C)(C)C)cc1-c1ccccc1)c1cc4c(cc1B3c1ccc(C(C)(C)c3ccccc3)cc1N2c1cccc(C(C)(C)C)c1)C(C)(C)CCC4(C)C. The fraction of sp³-hybridized carbons (Fsp3) is 0.323. The zero-order chi connectivity index (χ0) is 46.0. The summed E-state index contributed by atoms with van der Waals surface area (Å²) in [6.45, 7) is 31.0. The van der Waals surface area contributed by atoms with Gasteiger partial charge in [-0.25, -0.2) is 0 Å². The summed E-state index contributed by atoms with van der Waals surface area (Å²) in [7, 11) is 0. The van der Waals surface area contributed by atoms with Crippen LogP contribution in [0.3, 0.4) is 0 Å². The first-order valence-corrected chi connectivity index (χ1v) is 24.1. The molecule has 0 N–H and O–H groups in total. The van der Waals surface area contributed by atoms with Gasteiger partial charge in [0, 0.05) is 39.4 Å². The molecule has 2 nitrogen and oxygen atoms in total. The number of hydrogen-bond donors (Lipinski definition) is 0. The van der Waals surface area contributed by atoms with E-state index in [9.17, 15) is 0 Å². The summed E-state index contributed by atoms with van der Waals surface area (Å²) in [5, 5.41) is 0. The van der Waals surface area contributed by atoms with E-state index >= 15 is 0 Å².